The van der Waals surface area contributed by atoms with Gasteiger partial charge < -0.3 is 10.2 Å². The number of benzene rings is 2. The monoisotopic (exact) mass is 455 g/mol. The molecule has 4 nitrogen and oxygen atoms in total. The second kappa shape index (κ2) is 6.50. The van der Waals surface area contributed by atoms with E-state index in [4.69, 9.17) is 12.2 Å². The van der Waals surface area contributed by atoms with Crippen molar-refractivity contribution in [2.45, 2.75) is 0 Å². The summed E-state index contributed by atoms with van der Waals surface area (Å²) in [6, 6.07) is 11.9. The van der Waals surface area contributed by atoms with E-state index in [0.717, 1.165) is 9.26 Å². The highest BCUT2D eigenvalue weighted by Crippen LogP contribution is 2.37. The van der Waals surface area contributed by atoms with Gasteiger partial charge in [-0.3, -0.25) is 9.69 Å². The minimum Gasteiger partial charge on any atom is -0.504 e. The molecule has 1 heterocycles. The van der Waals surface area contributed by atoms with Gasteiger partial charge >= 0.3 is 0 Å². The van der Waals surface area contributed by atoms with Gasteiger partial charge in [0, 0.05) is 3.57 Å². The van der Waals surface area contributed by atoms with Crippen molar-refractivity contribution < 1.29 is 15.0 Å². The van der Waals surface area contributed by atoms with Gasteiger partial charge in [0.25, 0.3) is 5.91 Å². The van der Waals surface area contributed by atoms with Crippen LogP contribution in [0.1, 0.15) is 5.56 Å². The molecule has 0 radical (unpaired) electrons. The van der Waals surface area contributed by atoms with Gasteiger partial charge in [0.2, 0.25) is 0 Å². The molecule has 7 heteroatoms. The van der Waals surface area contributed by atoms with Crippen LogP contribution in [-0.2, 0) is 4.79 Å². The summed E-state index contributed by atoms with van der Waals surface area (Å²) < 4.78 is 1.54. The number of halogens is 1. The van der Waals surface area contributed by atoms with Crippen LogP contribution in [-0.4, -0.2) is 20.4 Å². The third-order valence-corrected chi connectivity index (χ3v) is 5.20. The van der Waals surface area contributed by atoms with E-state index in [-0.39, 0.29) is 17.4 Å². The predicted octanol–water partition coefficient (Wildman–Crippen LogP) is 4.11. The Morgan fingerprint density at radius 3 is 2.43 bits per heavy atom. The highest BCUT2D eigenvalue weighted by molar-refractivity contribution is 14.1. The molecule has 0 spiro atoms. The lowest BCUT2D eigenvalue weighted by Gasteiger charge is -2.14. The number of hydrogen-bond donors (Lipinski definition) is 2. The van der Waals surface area contributed by atoms with E-state index in [2.05, 4.69) is 22.6 Å². The number of phenols is 2. The highest BCUT2D eigenvalue weighted by Gasteiger charge is 2.33. The number of rotatable bonds is 2. The maximum Gasteiger partial charge on any atom is 0.270 e. The van der Waals surface area contributed by atoms with Crippen LogP contribution in [0.3, 0.4) is 0 Å². The third kappa shape index (κ3) is 3.36. The summed E-state index contributed by atoms with van der Waals surface area (Å²) in [6.45, 7) is 0. The molecule has 1 saturated heterocycles. The van der Waals surface area contributed by atoms with Crippen molar-refractivity contribution in [2.75, 3.05) is 4.90 Å². The Bertz CT molecular complexity index is 834. The smallest absolute Gasteiger partial charge is 0.270 e. The number of nitrogens with zero attached hydrogens (tertiary/aromatic N) is 1. The summed E-state index contributed by atoms with van der Waals surface area (Å²) in [4.78, 5) is 14.6. The van der Waals surface area contributed by atoms with Gasteiger partial charge in [-0.15, -0.1) is 0 Å². The van der Waals surface area contributed by atoms with E-state index in [0.29, 0.717) is 14.8 Å². The van der Waals surface area contributed by atoms with E-state index in [9.17, 15) is 15.0 Å². The van der Waals surface area contributed by atoms with Crippen LogP contribution in [0.5, 0.6) is 11.5 Å². The first-order valence-electron chi connectivity index (χ1n) is 6.51. The van der Waals surface area contributed by atoms with Gasteiger partial charge in [-0.25, -0.2) is 0 Å². The number of aromatic hydroxyl groups is 2. The number of anilines is 1. The Morgan fingerprint density at radius 2 is 1.78 bits per heavy atom. The average molecular weight is 455 g/mol. The summed E-state index contributed by atoms with van der Waals surface area (Å²) in [7, 11) is 0. The van der Waals surface area contributed by atoms with Gasteiger partial charge in [0.05, 0.1) is 10.6 Å². The lowest BCUT2D eigenvalue weighted by molar-refractivity contribution is -0.113. The summed E-state index contributed by atoms with van der Waals surface area (Å²) in [6.07, 6.45) is 1.64. The van der Waals surface area contributed by atoms with E-state index in [1.54, 1.807) is 12.1 Å². The molecule has 2 N–H and O–H groups in total. The molecular weight excluding hydrogens is 445 g/mol. The predicted molar refractivity (Wildman–Crippen MR) is 105 cm³/mol. The number of hydrogen-bond acceptors (Lipinski definition) is 5. The second-order valence-electron chi connectivity index (χ2n) is 4.74. The van der Waals surface area contributed by atoms with Crippen LogP contribution in [0.25, 0.3) is 6.08 Å². The molecule has 23 heavy (non-hydrogen) atoms. The molecule has 1 aliphatic rings. The van der Waals surface area contributed by atoms with Crippen molar-refractivity contribution in [1.29, 1.82) is 0 Å². The Balaban J connectivity index is 1.92. The van der Waals surface area contributed by atoms with Gasteiger partial charge in [0.1, 0.15) is 0 Å². The molecular formula is C16H10INO3S2. The molecule has 3 rings (SSSR count). The Morgan fingerprint density at radius 1 is 1.09 bits per heavy atom. The summed E-state index contributed by atoms with van der Waals surface area (Å²) in [5.74, 6) is -0.630. The molecule has 116 valence electrons. The van der Waals surface area contributed by atoms with E-state index in [1.807, 2.05) is 24.3 Å². The lowest BCUT2D eigenvalue weighted by Crippen LogP contribution is -2.27. The van der Waals surface area contributed by atoms with E-state index in [1.165, 1.54) is 28.8 Å². The van der Waals surface area contributed by atoms with Crippen molar-refractivity contribution in [1.82, 2.24) is 0 Å². The van der Waals surface area contributed by atoms with Crippen molar-refractivity contribution in [3.63, 3.8) is 0 Å². The number of carbonyl (C=O) groups is 1. The lowest BCUT2D eigenvalue weighted by atomic mass is 10.2. The molecule has 0 aliphatic carbocycles. The average Bonchev–Trinajstić information content (AvgIpc) is 2.79. The minimum atomic E-state index is -0.230. The van der Waals surface area contributed by atoms with Gasteiger partial charge in [-0.05, 0) is 70.6 Å². The SMILES string of the molecule is O=C1C(=Cc2ccc(O)c(O)c2)SC(=S)N1c1ccc(I)cc1. The standard InChI is InChI=1S/C16H10INO3S2/c17-10-2-4-11(5-3-10)18-15(21)14(23-16(18)22)8-9-1-6-12(19)13(20)7-9/h1-8,19-20H. The quantitative estimate of drug-likeness (QED) is 0.309. The maximum absolute atomic E-state index is 12.6. The first-order valence-corrected chi connectivity index (χ1v) is 8.81. The number of thiocarbonyl (C=S) groups is 1. The van der Waals surface area contributed by atoms with E-state index >= 15 is 0 Å². The summed E-state index contributed by atoms with van der Waals surface area (Å²) in [5, 5.41) is 18.9. The Kier molecular flexibility index (Phi) is 4.60. The van der Waals surface area contributed by atoms with Crippen LogP contribution < -0.4 is 4.90 Å². The molecule has 1 aliphatic heterocycles. The van der Waals surface area contributed by atoms with Gasteiger partial charge in [-0.2, -0.15) is 0 Å². The van der Waals surface area contributed by atoms with Crippen molar-refractivity contribution in [3.05, 3.63) is 56.5 Å². The normalized spacial score (nSPS) is 16.4. The van der Waals surface area contributed by atoms with Gasteiger partial charge in [0.15, 0.2) is 15.8 Å². The summed E-state index contributed by atoms with van der Waals surface area (Å²) in [5.41, 5.74) is 1.34. The second-order valence-corrected chi connectivity index (χ2v) is 7.66. The first kappa shape index (κ1) is 16.3. The number of amides is 1. The number of carbonyl (C=O) groups excluding carboxylic acids is 1. The van der Waals surface area contributed by atoms with Crippen LogP contribution in [0.4, 0.5) is 5.69 Å². The third-order valence-electron chi connectivity index (χ3n) is 3.18. The molecule has 0 atom stereocenters. The molecule has 2 aromatic carbocycles. The fourth-order valence-corrected chi connectivity index (χ4v) is 3.72. The molecule has 2 aromatic rings. The van der Waals surface area contributed by atoms with Crippen LogP contribution in [0.2, 0.25) is 0 Å². The van der Waals surface area contributed by atoms with Gasteiger partial charge in [-0.1, -0.05) is 30.0 Å². The first-order chi connectivity index (χ1) is 11.0. The largest absolute Gasteiger partial charge is 0.504 e. The maximum atomic E-state index is 12.6. The zero-order valence-electron chi connectivity index (χ0n) is 11.6. The topological polar surface area (TPSA) is 60.8 Å². The Hall–Kier alpha value is -1.58. The fourth-order valence-electron chi connectivity index (χ4n) is 2.06. The highest BCUT2D eigenvalue weighted by atomic mass is 127. The van der Waals surface area contributed by atoms with Crippen molar-refractivity contribution >= 4 is 68.6 Å². The molecule has 0 unspecified atom stereocenters. The molecule has 0 aromatic heterocycles. The number of thioether (sulfide) groups is 1. The van der Waals surface area contributed by atoms with Crippen LogP contribution >= 0.6 is 46.6 Å². The molecule has 1 fully saturated rings. The zero-order valence-corrected chi connectivity index (χ0v) is 15.4. The fraction of sp³-hybridized carbons (Fsp3) is 0. The van der Waals surface area contributed by atoms with Crippen LogP contribution in [0, 0.1) is 3.57 Å². The molecule has 1 amide bonds. The van der Waals surface area contributed by atoms with Crippen molar-refractivity contribution in [3.8, 4) is 11.5 Å². The van der Waals surface area contributed by atoms with Crippen LogP contribution in [0.15, 0.2) is 47.4 Å². The van der Waals surface area contributed by atoms with E-state index < -0.39 is 0 Å². The molecule has 0 saturated carbocycles. The Labute approximate surface area is 156 Å². The minimum absolute atomic E-state index is 0.200. The molecule has 0 bridgehead atoms. The zero-order chi connectivity index (χ0) is 16.6. The number of phenolic OH excluding ortho intramolecular Hbond substituents is 2. The summed E-state index contributed by atoms with van der Waals surface area (Å²) >= 11 is 8.71. The van der Waals surface area contributed by atoms with Crippen molar-refractivity contribution in [2.24, 2.45) is 0 Å².